The van der Waals surface area contributed by atoms with Gasteiger partial charge >= 0.3 is 5.97 Å². The number of nitrogens with zero attached hydrogens (tertiary/aromatic N) is 2. The summed E-state index contributed by atoms with van der Waals surface area (Å²) < 4.78 is 11.7. The number of esters is 1. The van der Waals surface area contributed by atoms with Gasteiger partial charge in [-0.1, -0.05) is 0 Å². The maximum absolute atomic E-state index is 11.2. The molecule has 0 aromatic carbocycles. The van der Waals surface area contributed by atoms with E-state index in [4.69, 9.17) is 10.5 Å². The van der Waals surface area contributed by atoms with Gasteiger partial charge < -0.3 is 19.8 Å². The number of hydrogen-bond acceptors (Lipinski definition) is 5. The third-order valence-corrected chi connectivity index (χ3v) is 3.09. The second-order valence-electron chi connectivity index (χ2n) is 4.17. The van der Waals surface area contributed by atoms with Gasteiger partial charge in [0.05, 0.1) is 31.8 Å². The Labute approximate surface area is 99.7 Å². The van der Waals surface area contributed by atoms with E-state index in [9.17, 15) is 4.79 Å². The van der Waals surface area contributed by atoms with Crippen molar-refractivity contribution in [2.24, 2.45) is 11.7 Å². The van der Waals surface area contributed by atoms with Crippen molar-refractivity contribution < 1.29 is 14.3 Å². The van der Waals surface area contributed by atoms with Crippen molar-refractivity contribution in [3.8, 4) is 0 Å². The largest absolute Gasteiger partial charge is 0.468 e. The van der Waals surface area contributed by atoms with Crippen molar-refractivity contribution in [2.45, 2.75) is 19.0 Å². The average Bonchev–Trinajstić information content (AvgIpc) is 2.98. The summed E-state index contributed by atoms with van der Waals surface area (Å²) in [6.07, 6.45) is 4.25. The smallest absolute Gasteiger partial charge is 0.325 e. The molecule has 0 bridgehead atoms. The maximum atomic E-state index is 11.2. The van der Waals surface area contributed by atoms with Crippen LogP contribution >= 0.6 is 0 Å². The molecule has 1 aliphatic rings. The molecule has 17 heavy (non-hydrogen) atoms. The number of carbonyl (C=O) groups excluding carboxylic acids is 1. The standard InChI is InChI=1S/C11H17N3O3/c1-16-10(15)5-14-7-13-4-9(14)11(12)8-2-3-17-6-8/h4,7-8,11H,2-3,5-6,12H2,1H3. The molecular weight excluding hydrogens is 222 g/mol. The number of rotatable bonds is 4. The van der Waals surface area contributed by atoms with Gasteiger partial charge in [0.25, 0.3) is 0 Å². The van der Waals surface area contributed by atoms with Crippen molar-refractivity contribution in [3.63, 3.8) is 0 Å². The van der Waals surface area contributed by atoms with Crippen LogP contribution in [0.4, 0.5) is 0 Å². The summed E-state index contributed by atoms with van der Waals surface area (Å²) in [4.78, 5) is 15.3. The fourth-order valence-corrected chi connectivity index (χ4v) is 2.02. The van der Waals surface area contributed by atoms with Gasteiger partial charge in [0.1, 0.15) is 6.54 Å². The third kappa shape index (κ3) is 2.65. The average molecular weight is 239 g/mol. The Balaban J connectivity index is 2.09. The minimum Gasteiger partial charge on any atom is -0.468 e. The summed E-state index contributed by atoms with van der Waals surface area (Å²) in [5.41, 5.74) is 7.02. The van der Waals surface area contributed by atoms with Crippen LogP contribution in [0, 0.1) is 5.92 Å². The highest BCUT2D eigenvalue weighted by Gasteiger charge is 2.26. The molecule has 1 aromatic heterocycles. The second kappa shape index (κ2) is 5.29. The lowest BCUT2D eigenvalue weighted by Gasteiger charge is -2.18. The molecule has 0 aliphatic carbocycles. The van der Waals surface area contributed by atoms with Crippen LogP contribution in [-0.2, 0) is 20.8 Å². The molecule has 6 nitrogen and oxygen atoms in total. The van der Waals surface area contributed by atoms with E-state index in [1.54, 1.807) is 17.1 Å². The molecule has 0 radical (unpaired) electrons. The van der Waals surface area contributed by atoms with Crippen LogP contribution in [0.15, 0.2) is 12.5 Å². The molecule has 1 aliphatic heterocycles. The van der Waals surface area contributed by atoms with Gasteiger partial charge in [-0.25, -0.2) is 4.98 Å². The molecule has 1 saturated heterocycles. The zero-order chi connectivity index (χ0) is 12.3. The first-order valence-corrected chi connectivity index (χ1v) is 5.62. The molecule has 2 unspecified atom stereocenters. The Bertz CT molecular complexity index is 385. The second-order valence-corrected chi connectivity index (χ2v) is 4.17. The Morgan fingerprint density at radius 2 is 2.65 bits per heavy atom. The Morgan fingerprint density at radius 1 is 1.82 bits per heavy atom. The van der Waals surface area contributed by atoms with E-state index in [2.05, 4.69) is 9.72 Å². The Morgan fingerprint density at radius 3 is 3.29 bits per heavy atom. The fourth-order valence-electron chi connectivity index (χ4n) is 2.02. The highest BCUT2D eigenvalue weighted by atomic mass is 16.5. The molecule has 94 valence electrons. The number of ether oxygens (including phenoxy) is 2. The number of aromatic nitrogens is 2. The molecule has 1 aromatic rings. The van der Waals surface area contributed by atoms with Gasteiger partial charge in [0.15, 0.2) is 0 Å². The monoisotopic (exact) mass is 239 g/mol. The summed E-state index contributed by atoms with van der Waals surface area (Å²) in [7, 11) is 1.36. The molecule has 6 heteroatoms. The lowest BCUT2D eigenvalue weighted by molar-refractivity contribution is -0.141. The predicted molar refractivity (Wildman–Crippen MR) is 60.1 cm³/mol. The van der Waals surface area contributed by atoms with Crippen molar-refractivity contribution in [1.29, 1.82) is 0 Å². The molecule has 0 amide bonds. The topological polar surface area (TPSA) is 79.4 Å². The van der Waals surface area contributed by atoms with Crippen LogP contribution < -0.4 is 5.73 Å². The molecule has 0 saturated carbocycles. The number of nitrogens with two attached hydrogens (primary N) is 1. The first-order chi connectivity index (χ1) is 8.22. The van der Waals surface area contributed by atoms with Crippen LogP contribution in [0.3, 0.4) is 0 Å². The van der Waals surface area contributed by atoms with E-state index >= 15 is 0 Å². The normalized spacial score (nSPS) is 21.4. The molecule has 0 spiro atoms. The SMILES string of the molecule is COC(=O)Cn1cncc1C(N)C1CCOC1. The minimum absolute atomic E-state index is 0.146. The highest BCUT2D eigenvalue weighted by Crippen LogP contribution is 2.26. The maximum Gasteiger partial charge on any atom is 0.325 e. The summed E-state index contributed by atoms with van der Waals surface area (Å²) in [6.45, 7) is 1.57. The lowest BCUT2D eigenvalue weighted by Crippen LogP contribution is -2.25. The van der Waals surface area contributed by atoms with Gasteiger partial charge in [-0.3, -0.25) is 4.79 Å². The van der Waals surface area contributed by atoms with E-state index in [1.807, 2.05) is 0 Å². The number of imidazole rings is 1. The predicted octanol–water partition coefficient (Wildman–Crippen LogP) is 0.0924. The van der Waals surface area contributed by atoms with Crippen LogP contribution in [0.1, 0.15) is 18.2 Å². The quantitative estimate of drug-likeness (QED) is 0.753. The van der Waals surface area contributed by atoms with Crippen LogP contribution in [0.25, 0.3) is 0 Å². The fraction of sp³-hybridized carbons (Fsp3) is 0.636. The first kappa shape index (κ1) is 12.1. The van der Waals surface area contributed by atoms with Gasteiger partial charge in [-0.05, 0) is 6.42 Å². The minimum atomic E-state index is -0.306. The zero-order valence-electron chi connectivity index (χ0n) is 9.83. The highest BCUT2D eigenvalue weighted by molar-refractivity contribution is 5.69. The van der Waals surface area contributed by atoms with E-state index in [1.165, 1.54) is 7.11 Å². The van der Waals surface area contributed by atoms with Gasteiger partial charge in [0, 0.05) is 18.7 Å². The summed E-state index contributed by atoms with van der Waals surface area (Å²) in [5, 5.41) is 0. The van der Waals surface area contributed by atoms with Crippen molar-refractivity contribution >= 4 is 5.97 Å². The van der Waals surface area contributed by atoms with E-state index < -0.39 is 0 Å². The first-order valence-electron chi connectivity index (χ1n) is 5.62. The van der Waals surface area contributed by atoms with E-state index in [0.29, 0.717) is 12.5 Å². The Hall–Kier alpha value is -1.40. The molecule has 1 fully saturated rings. The van der Waals surface area contributed by atoms with E-state index in [0.717, 1.165) is 18.7 Å². The number of carbonyl (C=O) groups is 1. The molecule has 2 atom stereocenters. The van der Waals surface area contributed by atoms with Gasteiger partial charge in [-0.15, -0.1) is 0 Å². The zero-order valence-corrected chi connectivity index (χ0v) is 9.83. The van der Waals surface area contributed by atoms with Crippen LogP contribution in [0.5, 0.6) is 0 Å². The van der Waals surface area contributed by atoms with Gasteiger partial charge in [-0.2, -0.15) is 0 Å². The lowest BCUT2D eigenvalue weighted by atomic mass is 9.97. The summed E-state index contributed by atoms with van der Waals surface area (Å²) in [6, 6.07) is -0.148. The van der Waals surface area contributed by atoms with Crippen molar-refractivity contribution in [1.82, 2.24) is 9.55 Å². The summed E-state index contributed by atoms with van der Waals surface area (Å²) in [5.74, 6) is -0.0118. The van der Waals surface area contributed by atoms with E-state index in [-0.39, 0.29) is 18.6 Å². The van der Waals surface area contributed by atoms with Crippen molar-refractivity contribution in [2.75, 3.05) is 20.3 Å². The Kier molecular flexibility index (Phi) is 3.75. The van der Waals surface area contributed by atoms with Gasteiger partial charge in [0.2, 0.25) is 0 Å². The van der Waals surface area contributed by atoms with Crippen molar-refractivity contribution in [3.05, 3.63) is 18.2 Å². The van der Waals surface area contributed by atoms with Crippen LogP contribution in [0.2, 0.25) is 0 Å². The molecule has 2 heterocycles. The number of hydrogen-bond donors (Lipinski definition) is 1. The van der Waals surface area contributed by atoms with Crippen LogP contribution in [-0.4, -0.2) is 35.8 Å². The number of methoxy groups -OCH3 is 1. The molecule has 2 N–H and O–H groups in total. The molecular formula is C11H17N3O3. The molecule has 2 rings (SSSR count). The summed E-state index contributed by atoms with van der Waals surface area (Å²) >= 11 is 0. The third-order valence-electron chi connectivity index (χ3n) is 3.09.